The highest BCUT2D eigenvalue weighted by Crippen LogP contribution is 2.34. The number of carbonyl (C=O) groups excluding carboxylic acids is 1. The van der Waals surface area contributed by atoms with Gasteiger partial charge in [-0.05, 0) is 31.5 Å². The standard InChI is InChI=1S/C21H20F2N4O2/c1-3-16-12-26(18-6-4-5-7-19(18)29-16)21(28)20-13(2)27(25-24-20)11-14-8-9-15(22)10-17(14)23/h4-10,16H,3,11-12H2,1-2H3. The van der Waals surface area contributed by atoms with E-state index in [0.29, 0.717) is 23.7 Å². The first-order valence-corrected chi connectivity index (χ1v) is 9.39. The fourth-order valence-corrected chi connectivity index (χ4v) is 3.35. The quantitative estimate of drug-likeness (QED) is 0.672. The maximum Gasteiger partial charge on any atom is 0.280 e. The van der Waals surface area contributed by atoms with Gasteiger partial charge in [0.2, 0.25) is 0 Å². The molecule has 2 heterocycles. The Morgan fingerprint density at radius 1 is 1.24 bits per heavy atom. The van der Waals surface area contributed by atoms with Crippen molar-refractivity contribution in [1.29, 1.82) is 0 Å². The Morgan fingerprint density at radius 2 is 2.03 bits per heavy atom. The second kappa shape index (κ2) is 7.62. The Balaban J connectivity index is 1.63. The highest BCUT2D eigenvalue weighted by molar-refractivity contribution is 6.06. The van der Waals surface area contributed by atoms with E-state index in [-0.39, 0.29) is 29.8 Å². The molecule has 0 N–H and O–H groups in total. The Morgan fingerprint density at radius 3 is 2.79 bits per heavy atom. The highest BCUT2D eigenvalue weighted by atomic mass is 19.1. The molecule has 0 saturated carbocycles. The number of anilines is 1. The molecule has 4 rings (SSSR count). The SMILES string of the molecule is CCC1CN(C(=O)c2nnn(Cc3ccc(F)cc3F)c2C)c2ccccc2O1. The molecule has 1 atom stereocenters. The number of para-hydroxylation sites is 2. The van der Waals surface area contributed by atoms with Crippen molar-refractivity contribution in [2.75, 3.05) is 11.4 Å². The molecule has 1 aliphatic rings. The van der Waals surface area contributed by atoms with Crippen molar-refractivity contribution >= 4 is 11.6 Å². The van der Waals surface area contributed by atoms with Crippen LogP contribution >= 0.6 is 0 Å². The van der Waals surface area contributed by atoms with E-state index in [1.807, 2.05) is 31.2 Å². The number of carbonyl (C=O) groups is 1. The van der Waals surface area contributed by atoms with Gasteiger partial charge in [0.15, 0.2) is 5.69 Å². The van der Waals surface area contributed by atoms with Crippen LogP contribution in [0.5, 0.6) is 5.75 Å². The molecule has 1 aromatic heterocycles. The van der Waals surface area contributed by atoms with Gasteiger partial charge in [0.05, 0.1) is 24.5 Å². The second-order valence-corrected chi connectivity index (χ2v) is 6.95. The molecule has 0 spiro atoms. The smallest absolute Gasteiger partial charge is 0.280 e. The van der Waals surface area contributed by atoms with Gasteiger partial charge < -0.3 is 4.74 Å². The van der Waals surface area contributed by atoms with Gasteiger partial charge in [-0.2, -0.15) is 0 Å². The van der Waals surface area contributed by atoms with Crippen molar-refractivity contribution in [3.63, 3.8) is 0 Å². The van der Waals surface area contributed by atoms with Crippen molar-refractivity contribution < 1.29 is 18.3 Å². The topological polar surface area (TPSA) is 60.2 Å². The Labute approximate surface area is 166 Å². The van der Waals surface area contributed by atoms with Gasteiger partial charge in [-0.3, -0.25) is 9.69 Å². The van der Waals surface area contributed by atoms with E-state index in [2.05, 4.69) is 10.3 Å². The summed E-state index contributed by atoms with van der Waals surface area (Å²) in [7, 11) is 0. The highest BCUT2D eigenvalue weighted by Gasteiger charge is 2.32. The van der Waals surface area contributed by atoms with Gasteiger partial charge in [0.25, 0.3) is 5.91 Å². The molecule has 0 radical (unpaired) electrons. The summed E-state index contributed by atoms with van der Waals surface area (Å²) in [5, 5.41) is 8.06. The average molecular weight is 398 g/mol. The van der Waals surface area contributed by atoms with Crippen molar-refractivity contribution in [3.8, 4) is 5.75 Å². The number of benzene rings is 2. The summed E-state index contributed by atoms with van der Waals surface area (Å²) in [4.78, 5) is 14.9. The van der Waals surface area contributed by atoms with Crippen LogP contribution in [0.2, 0.25) is 0 Å². The molecular weight excluding hydrogens is 378 g/mol. The predicted molar refractivity (Wildman–Crippen MR) is 103 cm³/mol. The summed E-state index contributed by atoms with van der Waals surface area (Å²) in [6.07, 6.45) is 0.644. The van der Waals surface area contributed by atoms with Crippen LogP contribution < -0.4 is 9.64 Å². The minimum absolute atomic E-state index is 0.0511. The summed E-state index contributed by atoms with van der Waals surface area (Å²) in [6.45, 7) is 4.17. The van der Waals surface area contributed by atoms with Crippen LogP contribution in [0, 0.1) is 18.6 Å². The molecule has 0 bridgehead atoms. The molecule has 1 amide bonds. The normalized spacial score (nSPS) is 15.7. The first kappa shape index (κ1) is 19.0. The Hall–Kier alpha value is -3.29. The van der Waals surface area contributed by atoms with E-state index in [1.54, 1.807) is 11.8 Å². The molecule has 8 heteroatoms. The third-order valence-electron chi connectivity index (χ3n) is 5.06. The van der Waals surface area contributed by atoms with Crippen LogP contribution in [-0.4, -0.2) is 33.5 Å². The summed E-state index contributed by atoms with van der Waals surface area (Å²) in [6, 6.07) is 10.7. The molecule has 29 heavy (non-hydrogen) atoms. The van der Waals surface area contributed by atoms with E-state index < -0.39 is 11.6 Å². The zero-order chi connectivity index (χ0) is 20.5. The number of fused-ring (bicyclic) bond motifs is 1. The molecule has 150 valence electrons. The average Bonchev–Trinajstić information content (AvgIpc) is 3.08. The van der Waals surface area contributed by atoms with E-state index in [1.165, 1.54) is 16.8 Å². The van der Waals surface area contributed by atoms with Crippen molar-refractivity contribution in [3.05, 3.63) is 71.1 Å². The van der Waals surface area contributed by atoms with Crippen LogP contribution in [0.25, 0.3) is 0 Å². The third kappa shape index (κ3) is 3.57. The van der Waals surface area contributed by atoms with Gasteiger partial charge in [-0.25, -0.2) is 13.5 Å². The van der Waals surface area contributed by atoms with E-state index >= 15 is 0 Å². The maximum atomic E-state index is 14.0. The van der Waals surface area contributed by atoms with Gasteiger partial charge in [-0.1, -0.05) is 30.3 Å². The largest absolute Gasteiger partial charge is 0.486 e. The Kier molecular flexibility index (Phi) is 5.00. The number of rotatable bonds is 4. The van der Waals surface area contributed by atoms with E-state index in [4.69, 9.17) is 4.74 Å². The minimum Gasteiger partial charge on any atom is -0.486 e. The number of hydrogen-bond acceptors (Lipinski definition) is 4. The molecule has 0 saturated heterocycles. The number of nitrogens with zero attached hydrogens (tertiary/aromatic N) is 4. The van der Waals surface area contributed by atoms with Gasteiger partial charge in [-0.15, -0.1) is 5.10 Å². The van der Waals surface area contributed by atoms with Gasteiger partial charge >= 0.3 is 0 Å². The lowest BCUT2D eigenvalue weighted by Crippen LogP contribution is -2.43. The number of ether oxygens (including phenoxy) is 1. The second-order valence-electron chi connectivity index (χ2n) is 6.95. The van der Waals surface area contributed by atoms with Crippen LogP contribution in [0.3, 0.4) is 0 Å². The van der Waals surface area contributed by atoms with Crippen molar-refractivity contribution in [2.24, 2.45) is 0 Å². The fourth-order valence-electron chi connectivity index (χ4n) is 3.35. The zero-order valence-electron chi connectivity index (χ0n) is 16.1. The third-order valence-corrected chi connectivity index (χ3v) is 5.06. The summed E-state index contributed by atoms with van der Waals surface area (Å²) in [5.41, 5.74) is 1.65. The molecule has 0 fully saturated rings. The van der Waals surface area contributed by atoms with Gasteiger partial charge in [0.1, 0.15) is 23.5 Å². The van der Waals surface area contributed by atoms with Crippen molar-refractivity contribution in [1.82, 2.24) is 15.0 Å². The van der Waals surface area contributed by atoms with Crippen LogP contribution in [0.4, 0.5) is 14.5 Å². The number of halogens is 2. The Bertz CT molecular complexity index is 1070. The molecule has 0 aliphatic carbocycles. The maximum absolute atomic E-state index is 14.0. The first-order valence-electron chi connectivity index (χ1n) is 9.39. The molecule has 6 nitrogen and oxygen atoms in total. The number of aromatic nitrogens is 3. The molecule has 1 aliphatic heterocycles. The molecular formula is C21H20F2N4O2. The molecule has 2 aromatic carbocycles. The molecule has 3 aromatic rings. The first-order chi connectivity index (χ1) is 14.0. The minimum atomic E-state index is -0.666. The van der Waals surface area contributed by atoms with Crippen LogP contribution in [0.15, 0.2) is 42.5 Å². The lowest BCUT2D eigenvalue weighted by Gasteiger charge is -2.34. The monoisotopic (exact) mass is 398 g/mol. The van der Waals surface area contributed by atoms with Crippen LogP contribution in [0.1, 0.15) is 35.1 Å². The number of amides is 1. The van der Waals surface area contributed by atoms with Gasteiger partial charge in [0, 0.05) is 11.6 Å². The lowest BCUT2D eigenvalue weighted by molar-refractivity contribution is 0.0949. The molecule has 1 unspecified atom stereocenters. The van der Waals surface area contributed by atoms with Crippen LogP contribution in [-0.2, 0) is 6.54 Å². The number of hydrogen-bond donors (Lipinski definition) is 0. The summed E-state index contributed by atoms with van der Waals surface area (Å²) in [5.74, 6) is -0.950. The lowest BCUT2D eigenvalue weighted by atomic mass is 10.1. The van der Waals surface area contributed by atoms with E-state index in [0.717, 1.165) is 12.5 Å². The summed E-state index contributed by atoms with van der Waals surface area (Å²) >= 11 is 0. The predicted octanol–water partition coefficient (Wildman–Crippen LogP) is 3.73. The van der Waals surface area contributed by atoms with Crippen molar-refractivity contribution in [2.45, 2.75) is 32.9 Å². The summed E-state index contributed by atoms with van der Waals surface area (Å²) < 4.78 is 34.5. The zero-order valence-corrected chi connectivity index (χ0v) is 16.1. The fraction of sp³-hybridized carbons (Fsp3) is 0.286. The van der Waals surface area contributed by atoms with E-state index in [9.17, 15) is 13.6 Å².